The second kappa shape index (κ2) is 5.69. The number of carbonyl (C=O) groups is 1. The van der Waals surface area contributed by atoms with Crippen LogP contribution in [0, 0.1) is 31.1 Å². The topological polar surface area (TPSA) is 83.0 Å². The highest BCUT2D eigenvalue weighted by Crippen LogP contribution is 2.50. The van der Waals surface area contributed by atoms with E-state index in [0.29, 0.717) is 41.9 Å². The molecule has 2 fully saturated rings. The van der Waals surface area contributed by atoms with Gasteiger partial charge in [-0.15, -0.1) is 10.2 Å². The van der Waals surface area contributed by atoms with Gasteiger partial charge in [0.1, 0.15) is 0 Å². The van der Waals surface area contributed by atoms with Crippen LogP contribution < -0.4 is 0 Å². The summed E-state index contributed by atoms with van der Waals surface area (Å²) in [6.45, 7) is 4.98. The smallest absolute Gasteiger partial charge is 0.253 e. The van der Waals surface area contributed by atoms with Crippen LogP contribution in [0.4, 0.5) is 0 Å². The Morgan fingerprint density at radius 3 is 2.96 bits per heavy atom. The van der Waals surface area contributed by atoms with Crippen molar-refractivity contribution in [1.29, 1.82) is 5.26 Å². The van der Waals surface area contributed by atoms with E-state index in [1.165, 1.54) is 0 Å². The minimum Gasteiger partial charge on any atom is -0.425 e. The summed E-state index contributed by atoms with van der Waals surface area (Å²) in [5, 5.41) is 17.5. The minimum atomic E-state index is -0.209. The zero-order chi connectivity index (χ0) is 17.6. The van der Waals surface area contributed by atoms with E-state index in [1.54, 1.807) is 19.1 Å². The van der Waals surface area contributed by atoms with Crippen LogP contribution in [0.3, 0.4) is 0 Å². The first kappa shape index (κ1) is 15.8. The van der Waals surface area contributed by atoms with Crippen molar-refractivity contribution < 1.29 is 9.21 Å². The predicted octanol–water partition coefficient (Wildman–Crippen LogP) is 2.75. The van der Waals surface area contributed by atoms with Gasteiger partial charge in [-0.25, -0.2) is 0 Å². The third-order valence-electron chi connectivity index (χ3n) is 5.71. The van der Waals surface area contributed by atoms with Crippen LogP contribution in [0.1, 0.15) is 52.5 Å². The van der Waals surface area contributed by atoms with E-state index in [-0.39, 0.29) is 11.3 Å². The van der Waals surface area contributed by atoms with Crippen LogP contribution in [0.2, 0.25) is 0 Å². The molecular formula is C19H20N4O2. The highest BCUT2D eigenvalue weighted by molar-refractivity contribution is 5.95. The molecule has 128 valence electrons. The molecule has 4 rings (SSSR count). The molecule has 1 aliphatic carbocycles. The van der Waals surface area contributed by atoms with Crippen molar-refractivity contribution in [3.8, 4) is 6.07 Å². The fourth-order valence-corrected chi connectivity index (χ4v) is 4.35. The normalized spacial score (nSPS) is 25.0. The summed E-state index contributed by atoms with van der Waals surface area (Å²) in [5.41, 5.74) is 1.79. The van der Waals surface area contributed by atoms with Gasteiger partial charge in [0.05, 0.1) is 17.0 Å². The van der Waals surface area contributed by atoms with E-state index >= 15 is 0 Å². The maximum Gasteiger partial charge on any atom is 0.253 e. The second-order valence-electron chi connectivity index (χ2n) is 7.20. The molecule has 25 heavy (non-hydrogen) atoms. The Morgan fingerprint density at radius 1 is 1.40 bits per heavy atom. The minimum absolute atomic E-state index is 0.0264. The standard InChI is InChI=1S/C19H20N4O2/c1-12-5-6-14(8-15(12)9-20)17(24)23-10-16-4-3-7-19(16,11-23)18-22-21-13(2)25-18/h5-6,8,16H,3-4,7,10-11H2,1-2H3/t16-,19-/m0/s1. The monoisotopic (exact) mass is 336 g/mol. The first-order valence-electron chi connectivity index (χ1n) is 8.64. The van der Waals surface area contributed by atoms with Crippen molar-refractivity contribution in [2.45, 2.75) is 38.5 Å². The molecule has 1 amide bonds. The molecule has 1 saturated heterocycles. The Hall–Kier alpha value is -2.68. The lowest BCUT2D eigenvalue weighted by Gasteiger charge is -2.24. The van der Waals surface area contributed by atoms with Crippen LogP contribution in [-0.4, -0.2) is 34.1 Å². The SMILES string of the molecule is Cc1nnc([C@]23CCC[C@H]2CN(C(=O)c2ccc(C)c(C#N)c2)C3)o1. The highest BCUT2D eigenvalue weighted by Gasteiger charge is 2.55. The molecule has 0 N–H and O–H groups in total. The van der Waals surface area contributed by atoms with Crippen molar-refractivity contribution in [1.82, 2.24) is 15.1 Å². The van der Waals surface area contributed by atoms with Gasteiger partial charge < -0.3 is 9.32 Å². The Kier molecular flexibility index (Phi) is 3.60. The number of likely N-dealkylation sites (tertiary alicyclic amines) is 1. The molecule has 0 radical (unpaired) electrons. The molecule has 1 aliphatic heterocycles. The molecule has 2 heterocycles. The molecular weight excluding hydrogens is 316 g/mol. The highest BCUT2D eigenvalue weighted by atomic mass is 16.4. The number of nitriles is 1. The van der Waals surface area contributed by atoms with Crippen LogP contribution in [0.5, 0.6) is 0 Å². The first-order valence-corrected chi connectivity index (χ1v) is 8.64. The maximum atomic E-state index is 13.0. The summed E-state index contributed by atoms with van der Waals surface area (Å²) >= 11 is 0. The lowest BCUT2D eigenvalue weighted by molar-refractivity contribution is 0.0775. The van der Waals surface area contributed by atoms with Crippen molar-refractivity contribution in [3.05, 3.63) is 46.7 Å². The van der Waals surface area contributed by atoms with Crippen LogP contribution in [0.15, 0.2) is 22.6 Å². The Morgan fingerprint density at radius 2 is 2.24 bits per heavy atom. The molecule has 0 unspecified atom stereocenters. The Bertz CT molecular complexity index is 882. The number of benzene rings is 1. The lowest BCUT2D eigenvalue weighted by Crippen LogP contribution is -2.35. The number of hydrogen-bond acceptors (Lipinski definition) is 5. The van der Waals surface area contributed by atoms with Crippen molar-refractivity contribution >= 4 is 5.91 Å². The molecule has 0 spiro atoms. The average molecular weight is 336 g/mol. The molecule has 0 bridgehead atoms. The molecule has 6 heteroatoms. The van der Waals surface area contributed by atoms with E-state index in [1.807, 2.05) is 17.9 Å². The predicted molar refractivity (Wildman–Crippen MR) is 89.9 cm³/mol. The second-order valence-corrected chi connectivity index (χ2v) is 7.20. The van der Waals surface area contributed by atoms with E-state index < -0.39 is 0 Å². The molecule has 2 aromatic rings. The quantitative estimate of drug-likeness (QED) is 0.842. The van der Waals surface area contributed by atoms with E-state index in [2.05, 4.69) is 16.3 Å². The third kappa shape index (κ3) is 2.42. The fourth-order valence-electron chi connectivity index (χ4n) is 4.35. The number of aromatic nitrogens is 2. The van der Waals surface area contributed by atoms with E-state index in [0.717, 1.165) is 24.8 Å². The number of amides is 1. The largest absolute Gasteiger partial charge is 0.425 e. The molecule has 2 atom stereocenters. The van der Waals surface area contributed by atoms with Gasteiger partial charge in [-0.3, -0.25) is 4.79 Å². The Labute approximate surface area is 146 Å². The van der Waals surface area contributed by atoms with Gasteiger partial charge in [0.2, 0.25) is 11.8 Å². The number of hydrogen-bond donors (Lipinski definition) is 0. The van der Waals surface area contributed by atoms with E-state index in [9.17, 15) is 10.1 Å². The molecule has 6 nitrogen and oxygen atoms in total. The number of rotatable bonds is 2. The summed E-state index contributed by atoms with van der Waals surface area (Å²) in [6.07, 6.45) is 3.17. The first-order chi connectivity index (χ1) is 12.0. The molecule has 1 aromatic carbocycles. The number of fused-ring (bicyclic) bond motifs is 1. The number of nitrogens with zero attached hydrogens (tertiary/aromatic N) is 4. The molecule has 1 aromatic heterocycles. The van der Waals surface area contributed by atoms with Gasteiger partial charge >= 0.3 is 0 Å². The van der Waals surface area contributed by atoms with Crippen molar-refractivity contribution in [3.63, 3.8) is 0 Å². The third-order valence-corrected chi connectivity index (χ3v) is 5.71. The number of aryl methyl sites for hydroxylation is 2. The van der Waals surface area contributed by atoms with Crippen LogP contribution in [0.25, 0.3) is 0 Å². The van der Waals surface area contributed by atoms with Gasteiger partial charge in [-0.1, -0.05) is 12.5 Å². The van der Waals surface area contributed by atoms with Gasteiger partial charge in [-0.05, 0) is 43.4 Å². The molecule has 2 aliphatic rings. The Balaban J connectivity index is 1.63. The summed E-state index contributed by atoms with van der Waals surface area (Å²) in [4.78, 5) is 14.9. The van der Waals surface area contributed by atoms with Crippen LogP contribution in [-0.2, 0) is 5.41 Å². The van der Waals surface area contributed by atoms with Crippen LogP contribution >= 0.6 is 0 Å². The van der Waals surface area contributed by atoms with Gasteiger partial charge in [-0.2, -0.15) is 5.26 Å². The van der Waals surface area contributed by atoms with Crippen molar-refractivity contribution in [2.24, 2.45) is 5.92 Å². The molecule has 1 saturated carbocycles. The summed E-state index contributed by atoms with van der Waals surface area (Å²) < 4.78 is 5.75. The van der Waals surface area contributed by atoms with Gasteiger partial charge in [0.25, 0.3) is 5.91 Å². The maximum absolute atomic E-state index is 13.0. The van der Waals surface area contributed by atoms with Gasteiger partial charge in [0, 0.05) is 25.6 Å². The average Bonchev–Trinajstić information content (AvgIpc) is 3.28. The lowest BCUT2D eigenvalue weighted by atomic mass is 9.80. The summed E-state index contributed by atoms with van der Waals surface area (Å²) in [7, 11) is 0. The summed E-state index contributed by atoms with van der Waals surface area (Å²) in [6, 6.07) is 7.48. The van der Waals surface area contributed by atoms with Gasteiger partial charge in [0.15, 0.2) is 0 Å². The fraction of sp³-hybridized carbons (Fsp3) is 0.474. The zero-order valence-corrected chi connectivity index (χ0v) is 14.5. The zero-order valence-electron chi connectivity index (χ0n) is 14.5. The van der Waals surface area contributed by atoms with Crippen molar-refractivity contribution in [2.75, 3.05) is 13.1 Å². The van der Waals surface area contributed by atoms with E-state index in [4.69, 9.17) is 4.42 Å². The number of carbonyl (C=O) groups excluding carboxylic acids is 1. The summed E-state index contributed by atoms with van der Waals surface area (Å²) in [5.74, 6) is 1.57.